The van der Waals surface area contributed by atoms with Crippen molar-refractivity contribution >= 4 is 11.8 Å². The summed E-state index contributed by atoms with van der Waals surface area (Å²) in [5.41, 5.74) is 1.23. The molecule has 0 aliphatic carbocycles. The van der Waals surface area contributed by atoms with Crippen molar-refractivity contribution in [2.24, 2.45) is 0 Å². The van der Waals surface area contributed by atoms with Gasteiger partial charge in [-0.3, -0.25) is 4.57 Å². The monoisotopic (exact) mass is 242 g/mol. The topological polar surface area (TPSA) is 64.3 Å². The van der Waals surface area contributed by atoms with E-state index in [2.05, 4.69) is 4.98 Å². The van der Waals surface area contributed by atoms with E-state index in [1.54, 1.807) is 10.8 Å². The van der Waals surface area contributed by atoms with Crippen LogP contribution in [-0.2, 0) is 4.74 Å². The third kappa shape index (κ3) is 2.14. The Hall–Kier alpha value is -0.850. The lowest BCUT2D eigenvalue weighted by Gasteiger charge is -2.12. The van der Waals surface area contributed by atoms with Crippen LogP contribution in [0.25, 0.3) is 0 Å². The molecule has 1 aliphatic heterocycles. The molecule has 0 amide bonds. The van der Waals surface area contributed by atoms with E-state index in [9.17, 15) is 4.79 Å². The fourth-order valence-corrected chi connectivity index (χ4v) is 2.57. The van der Waals surface area contributed by atoms with E-state index in [-0.39, 0.29) is 23.1 Å². The minimum Gasteiger partial charge on any atom is -0.393 e. The summed E-state index contributed by atoms with van der Waals surface area (Å²) in [6, 6.07) is 0. The molecule has 6 heteroatoms. The van der Waals surface area contributed by atoms with E-state index in [1.807, 2.05) is 13.8 Å². The van der Waals surface area contributed by atoms with Crippen LogP contribution in [0.2, 0.25) is 0 Å². The molecule has 0 saturated carbocycles. The molecule has 2 atom stereocenters. The van der Waals surface area contributed by atoms with Crippen LogP contribution in [0.4, 0.5) is 0 Å². The summed E-state index contributed by atoms with van der Waals surface area (Å²) in [5, 5.41) is 8.86. The average Bonchev–Trinajstić information content (AvgIpc) is 2.71. The van der Waals surface area contributed by atoms with Gasteiger partial charge in [0.2, 0.25) is 0 Å². The van der Waals surface area contributed by atoms with Crippen molar-refractivity contribution in [1.29, 1.82) is 0 Å². The van der Waals surface area contributed by atoms with Gasteiger partial charge in [-0.15, -0.1) is 11.8 Å². The zero-order valence-corrected chi connectivity index (χ0v) is 10.0. The van der Waals surface area contributed by atoms with E-state index >= 15 is 0 Å². The Kier molecular flexibility index (Phi) is 3.32. The van der Waals surface area contributed by atoms with Crippen LogP contribution in [-0.4, -0.2) is 33.3 Å². The molecule has 1 saturated heterocycles. The Balaban J connectivity index is 2.28. The molecule has 0 bridgehead atoms. The zero-order valence-electron chi connectivity index (χ0n) is 9.21. The predicted octanol–water partition coefficient (Wildman–Crippen LogP) is 0.441. The van der Waals surface area contributed by atoms with Crippen molar-refractivity contribution in [2.45, 2.75) is 24.7 Å². The first-order valence-electron chi connectivity index (χ1n) is 5.06. The maximum Gasteiger partial charge on any atom is 0.348 e. The van der Waals surface area contributed by atoms with Gasteiger partial charge < -0.3 is 9.84 Å². The van der Waals surface area contributed by atoms with Crippen LogP contribution in [0.1, 0.15) is 16.6 Å². The average molecular weight is 242 g/mol. The lowest BCUT2D eigenvalue weighted by atomic mass is 10.3. The molecule has 1 aromatic rings. The van der Waals surface area contributed by atoms with Gasteiger partial charge in [0, 0.05) is 11.9 Å². The Labute approximate surface area is 97.5 Å². The van der Waals surface area contributed by atoms with Gasteiger partial charge in [-0.25, -0.2) is 4.79 Å². The fraction of sp³-hybridized carbons (Fsp3) is 0.600. The largest absolute Gasteiger partial charge is 0.393 e. The summed E-state index contributed by atoms with van der Waals surface area (Å²) in [6.07, 6.45) is 1.80. The van der Waals surface area contributed by atoms with Crippen molar-refractivity contribution in [3.63, 3.8) is 0 Å². The molecule has 1 aliphatic rings. The third-order valence-corrected chi connectivity index (χ3v) is 3.85. The second-order valence-corrected chi connectivity index (χ2v) is 5.08. The Morgan fingerprint density at radius 1 is 1.69 bits per heavy atom. The number of rotatable bonds is 2. The smallest absolute Gasteiger partial charge is 0.348 e. The van der Waals surface area contributed by atoms with Crippen LogP contribution >= 0.6 is 11.8 Å². The van der Waals surface area contributed by atoms with Gasteiger partial charge in [0.25, 0.3) is 0 Å². The van der Waals surface area contributed by atoms with Crippen LogP contribution in [0, 0.1) is 13.8 Å². The first kappa shape index (κ1) is 11.6. The molecular weight excluding hydrogens is 228 g/mol. The van der Waals surface area contributed by atoms with Crippen LogP contribution in [0.5, 0.6) is 0 Å². The number of aliphatic hydroxyl groups is 1. The van der Waals surface area contributed by atoms with Gasteiger partial charge in [0.15, 0.2) is 0 Å². The minimum absolute atomic E-state index is 0.0335. The Bertz CT molecular complexity index is 446. The third-order valence-electron chi connectivity index (χ3n) is 2.58. The molecule has 0 spiro atoms. The van der Waals surface area contributed by atoms with E-state index < -0.39 is 0 Å². The summed E-state index contributed by atoms with van der Waals surface area (Å²) in [7, 11) is 0. The van der Waals surface area contributed by atoms with Crippen molar-refractivity contribution < 1.29 is 9.84 Å². The Morgan fingerprint density at radius 3 is 3.06 bits per heavy atom. The fourth-order valence-electron chi connectivity index (χ4n) is 1.54. The van der Waals surface area contributed by atoms with Gasteiger partial charge in [0.05, 0.1) is 13.2 Å². The summed E-state index contributed by atoms with van der Waals surface area (Å²) in [6.45, 7) is 4.13. The summed E-state index contributed by atoms with van der Waals surface area (Å²) < 4.78 is 6.89. The molecule has 0 aromatic carbocycles. The number of aryl methyl sites for hydroxylation is 2. The van der Waals surface area contributed by atoms with Gasteiger partial charge in [-0.05, 0) is 19.4 Å². The van der Waals surface area contributed by atoms with E-state index in [4.69, 9.17) is 9.84 Å². The number of nitrogens with zero attached hydrogens (tertiary/aromatic N) is 2. The highest BCUT2D eigenvalue weighted by atomic mass is 32.2. The highest BCUT2D eigenvalue weighted by molar-refractivity contribution is 8.00. The summed E-state index contributed by atoms with van der Waals surface area (Å²) >= 11 is 1.44. The molecule has 2 heterocycles. The minimum atomic E-state index is -0.261. The standard InChI is InChI=1S/C10H14N2O3S/c1-6-3-12(10(14)11-7(6)2)8-5-15-9(4-13)16-8/h3,8-9,13H,4-5H2,1-2H3/t8-,9-/m1/s1. The summed E-state index contributed by atoms with van der Waals surface area (Å²) in [5.74, 6) is 0. The van der Waals surface area contributed by atoms with Crippen molar-refractivity contribution in [2.75, 3.05) is 13.2 Å². The van der Waals surface area contributed by atoms with E-state index in [0.717, 1.165) is 11.3 Å². The van der Waals surface area contributed by atoms with Gasteiger partial charge in [-0.2, -0.15) is 4.98 Å². The first-order chi connectivity index (χ1) is 7.61. The van der Waals surface area contributed by atoms with Gasteiger partial charge >= 0.3 is 5.69 Å². The predicted molar refractivity (Wildman–Crippen MR) is 61.4 cm³/mol. The molecule has 88 valence electrons. The number of aliphatic hydroxyl groups excluding tert-OH is 1. The number of hydrogen-bond donors (Lipinski definition) is 1. The molecule has 1 aromatic heterocycles. The van der Waals surface area contributed by atoms with Crippen molar-refractivity contribution in [3.05, 3.63) is 27.9 Å². The van der Waals surface area contributed by atoms with Crippen LogP contribution in [0.3, 0.4) is 0 Å². The SMILES string of the molecule is Cc1cn([C@H]2CO[C@@H](CO)S2)c(=O)nc1C. The second-order valence-electron chi connectivity index (χ2n) is 3.74. The van der Waals surface area contributed by atoms with Crippen LogP contribution in [0.15, 0.2) is 11.0 Å². The molecule has 2 rings (SSSR count). The lowest BCUT2D eigenvalue weighted by molar-refractivity contribution is 0.0803. The van der Waals surface area contributed by atoms with E-state index in [0.29, 0.717) is 6.61 Å². The molecule has 1 fully saturated rings. The van der Waals surface area contributed by atoms with Gasteiger partial charge in [-0.1, -0.05) is 0 Å². The maximum atomic E-state index is 11.7. The maximum absolute atomic E-state index is 11.7. The molecule has 0 unspecified atom stereocenters. The normalized spacial score (nSPS) is 24.9. The van der Waals surface area contributed by atoms with Gasteiger partial charge in [0.1, 0.15) is 10.8 Å². The quantitative estimate of drug-likeness (QED) is 0.815. The Morgan fingerprint density at radius 2 is 2.44 bits per heavy atom. The number of thioether (sulfide) groups is 1. The molecule has 5 nitrogen and oxygen atoms in total. The summed E-state index contributed by atoms with van der Waals surface area (Å²) in [4.78, 5) is 15.6. The number of aromatic nitrogens is 2. The van der Waals surface area contributed by atoms with E-state index in [1.165, 1.54) is 11.8 Å². The molecule has 0 radical (unpaired) electrons. The molecule has 16 heavy (non-hydrogen) atoms. The van der Waals surface area contributed by atoms with Crippen LogP contribution < -0.4 is 5.69 Å². The zero-order chi connectivity index (χ0) is 11.7. The molecule has 1 N–H and O–H groups in total. The first-order valence-corrected chi connectivity index (χ1v) is 6.00. The number of ether oxygens (including phenoxy) is 1. The highest BCUT2D eigenvalue weighted by Crippen LogP contribution is 2.34. The lowest BCUT2D eigenvalue weighted by Crippen LogP contribution is -2.27. The highest BCUT2D eigenvalue weighted by Gasteiger charge is 2.27. The second kappa shape index (κ2) is 4.57. The van der Waals surface area contributed by atoms with Crippen molar-refractivity contribution in [3.8, 4) is 0 Å². The van der Waals surface area contributed by atoms with Crippen molar-refractivity contribution in [1.82, 2.24) is 9.55 Å². The number of hydrogen-bond acceptors (Lipinski definition) is 5. The molecular formula is C10H14N2O3S.